The third kappa shape index (κ3) is 3.12. The van der Waals surface area contributed by atoms with Gasteiger partial charge in [-0.25, -0.2) is 0 Å². The normalized spacial score (nSPS) is 27.9. The van der Waals surface area contributed by atoms with Crippen LogP contribution >= 0.6 is 23.2 Å². The summed E-state index contributed by atoms with van der Waals surface area (Å²) in [6, 6.07) is 6.32. The van der Waals surface area contributed by atoms with Crippen molar-refractivity contribution < 1.29 is 13.2 Å². The van der Waals surface area contributed by atoms with E-state index in [0.29, 0.717) is 5.57 Å². The molecule has 1 aliphatic rings. The van der Waals surface area contributed by atoms with Crippen LogP contribution in [0.25, 0.3) is 0 Å². The Labute approximate surface area is 139 Å². The topological polar surface area (TPSA) is 63.6 Å². The molecule has 0 bridgehead atoms. The lowest BCUT2D eigenvalue weighted by Gasteiger charge is -2.30. The number of benzene rings is 1. The van der Waals surface area contributed by atoms with Crippen LogP contribution < -0.4 is 0 Å². The first-order chi connectivity index (χ1) is 10.1. The molecule has 0 aliphatic heterocycles. The van der Waals surface area contributed by atoms with Crippen LogP contribution in [0.3, 0.4) is 0 Å². The maximum atomic E-state index is 12.4. The summed E-state index contributed by atoms with van der Waals surface area (Å²) in [5, 5.41) is -1.02. The molecule has 118 valence electrons. The highest BCUT2D eigenvalue weighted by Crippen LogP contribution is 2.34. The van der Waals surface area contributed by atoms with Gasteiger partial charge in [0.25, 0.3) is 10.0 Å². The first-order valence-electron chi connectivity index (χ1n) is 6.53. The van der Waals surface area contributed by atoms with E-state index in [1.807, 2.05) is 6.92 Å². The molecular formula is C15H15Cl2NO3S. The van der Waals surface area contributed by atoms with Crippen molar-refractivity contribution in [3.05, 3.63) is 41.5 Å². The first-order valence-corrected chi connectivity index (χ1v) is 8.79. The lowest BCUT2D eigenvalue weighted by Crippen LogP contribution is -2.46. The molecule has 0 N–H and O–H groups in total. The summed E-state index contributed by atoms with van der Waals surface area (Å²) in [6.07, 6.45) is 1.27. The Morgan fingerprint density at radius 1 is 1.18 bits per heavy atom. The average Bonchev–Trinajstić information content (AvgIpc) is 2.43. The number of sulfonamides is 1. The maximum absolute atomic E-state index is 12.4. The fraction of sp³-hybridized carbons (Fsp3) is 0.333. The quantitative estimate of drug-likeness (QED) is 0.761. The van der Waals surface area contributed by atoms with Crippen LogP contribution in [0.2, 0.25) is 0 Å². The van der Waals surface area contributed by atoms with E-state index in [4.69, 9.17) is 23.2 Å². The zero-order valence-electron chi connectivity index (χ0n) is 12.3. The minimum atomic E-state index is -3.92. The standard InChI is InChI=1S/C15H15Cl2NO3S/c1-9-4-6-11(7-5-9)22(20,21)18-13-10(2)8-12(19)15(3,17)14(13)16/h4-8,14H,1-3H3. The first kappa shape index (κ1) is 17.2. The van der Waals surface area contributed by atoms with Gasteiger partial charge in [-0.3, -0.25) is 4.79 Å². The number of alkyl halides is 2. The number of ketones is 1. The molecule has 2 rings (SSSR count). The third-order valence-electron chi connectivity index (χ3n) is 3.49. The zero-order chi connectivity index (χ0) is 16.7. The van der Waals surface area contributed by atoms with Crippen molar-refractivity contribution in [2.24, 2.45) is 4.40 Å². The van der Waals surface area contributed by atoms with Crippen LogP contribution in [0.5, 0.6) is 0 Å². The molecule has 1 aliphatic carbocycles. The molecule has 22 heavy (non-hydrogen) atoms. The fourth-order valence-electron chi connectivity index (χ4n) is 2.00. The van der Waals surface area contributed by atoms with E-state index >= 15 is 0 Å². The van der Waals surface area contributed by atoms with Crippen molar-refractivity contribution in [1.29, 1.82) is 0 Å². The van der Waals surface area contributed by atoms with Gasteiger partial charge in [0.1, 0.15) is 10.3 Å². The Hall–Kier alpha value is -1.17. The van der Waals surface area contributed by atoms with Gasteiger partial charge in [0.15, 0.2) is 5.78 Å². The minimum Gasteiger partial charge on any atom is -0.293 e. The van der Waals surface area contributed by atoms with Crippen molar-refractivity contribution in [2.75, 3.05) is 0 Å². The van der Waals surface area contributed by atoms with Gasteiger partial charge in [-0.15, -0.1) is 23.2 Å². The zero-order valence-corrected chi connectivity index (χ0v) is 14.6. The van der Waals surface area contributed by atoms with Gasteiger partial charge in [0.05, 0.1) is 10.6 Å². The van der Waals surface area contributed by atoms with Gasteiger partial charge in [-0.1, -0.05) is 17.7 Å². The Kier molecular flexibility index (Phi) is 4.53. The van der Waals surface area contributed by atoms with Crippen LogP contribution in [0, 0.1) is 6.92 Å². The summed E-state index contributed by atoms with van der Waals surface area (Å²) >= 11 is 12.3. The highest BCUT2D eigenvalue weighted by molar-refractivity contribution is 7.90. The van der Waals surface area contributed by atoms with E-state index in [9.17, 15) is 13.2 Å². The number of carbonyl (C=O) groups excluding carboxylic acids is 1. The Morgan fingerprint density at radius 3 is 2.27 bits per heavy atom. The lowest BCUT2D eigenvalue weighted by molar-refractivity contribution is -0.116. The van der Waals surface area contributed by atoms with Crippen LogP contribution in [0.1, 0.15) is 19.4 Å². The molecule has 0 radical (unpaired) electrons. The van der Waals surface area contributed by atoms with E-state index < -0.39 is 20.3 Å². The smallest absolute Gasteiger partial charge is 0.282 e. The van der Waals surface area contributed by atoms with Crippen molar-refractivity contribution in [3.8, 4) is 0 Å². The fourth-order valence-corrected chi connectivity index (χ4v) is 3.64. The summed E-state index contributed by atoms with van der Waals surface area (Å²) in [5.74, 6) is -0.363. The summed E-state index contributed by atoms with van der Waals surface area (Å²) < 4.78 is 28.6. The molecular weight excluding hydrogens is 345 g/mol. The SMILES string of the molecule is CC1=CC(=O)C(C)(Cl)C(Cl)C1=NS(=O)(=O)c1ccc(C)cc1. The second kappa shape index (κ2) is 5.80. The molecule has 0 fully saturated rings. The molecule has 0 amide bonds. The van der Waals surface area contributed by atoms with Crippen LogP contribution in [-0.4, -0.2) is 30.2 Å². The molecule has 2 atom stereocenters. The second-order valence-corrected chi connectivity index (χ2v) is 8.22. The number of allylic oxidation sites excluding steroid dienone is 2. The van der Waals surface area contributed by atoms with Gasteiger partial charge in [-0.2, -0.15) is 12.8 Å². The molecule has 0 saturated carbocycles. The lowest BCUT2D eigenvalue weighted by atomic mass is 9.88. The van der Waals surface area contributed by atoms with Crippen molar-refractivity contribution in [3.63, 3.8) is 0 Å². The third-order valence-corrected chi connectivity index (χ3v) is 5.95. The summed E-state index contributed by atoms with van der Waals surface area (Å²) in [6.45, 7) is 4.89. The van der Waals surface area contributed by atoms with E-state index in [2.05, 4.69) is 4.40 Å². The van der Waals surface area contributed by atoms with Gasteiger partial charge < -0.3 is 0 Å². The number of halogens is 2. The monoisotopic (exact) mass is 359 g/mol. The number of rotatable bonds is 2. The molecule has 0 spiro atoms. The van der Waals surface area contributed by atoms with E-state index in [-0.39, 0.29) is 16.4 Å². The van der Waals surface area contributed by atoms with Gasteiger partial charge in [0.2, 0.25) is 0 Å². The van der Waals surface area contributed by atoms with Gasteiger partial charge >= 0.3 is 0 Å². The summed E-state index contributed by atoms with van der Waals surface area (Å²) in [5.41, 5.74) is 1.44. The molecule has 2 unspecified atom stereocenters. The van der Waals surface area contributed by atoms with E-state index in [1.165, 1.54) is 25.1 Å². The highest BCUT2D eigenvalue weighted by Gasteiger charge is 2.44. The summed E-state index contributed by atoms with van der Waals surface area (Å²) in [4.78, 5) is 10.5. The number of hydrogen-bond donors (Lipinski definition) is 0. The Bertz CT molecular complexity index is 778. The molecule has 0 aromatic heterocycles. The predicted octanol–water partition coefficient (Wildman–Crippen LogP) is 3.26. The van der Waals surface area contributed by atoms with Crippen molar-refractivity contribution in [2.45, 2.75) is 35.9 Å². The number of carbonyl (C=O) groups is 1. The molecule has 4 nitrogen and oxygen atoms in total. The molecule has 7 heteroatoms. The number of nitrogens with zero attached hydrogens (tertiary/aromatic N) is 1. The number of aryl methyl sites for hydroxylation is 1. The molecule has 1 aromatic rings. The molecule has 0 heterocycles. The van der Waals surface area contributed by atoms with Crippen LogP contribution in [0.15, 0.2) is 45.2 Å². The maximum Gasteiger partial charge on any atom is 0.282 e. The predicted molar refractivity (Wildman–Crippen MR) is 88.5 cm³/mol. The van der Waals surface area contributed by atoms with Crippen LogP contribution in [0.4, 0.5) is 0 Å². The van der Waals surface area contributed by atoms with E-state index in [1.54, 1.807) is 19.1 Å². The van der Waals surface area contributed by atoms with E-state index in [0.717, 1.165) is 5.56 Å². The van der Waals surface area contributed by atoms with Crippen molar-refractivity contribution in [1.82, 2.24) is 0 Å². The second-order valence-electron chi connectivity index (χ2n) is 5.39. The van der Waals surface area contributed by atoms with Gasteiger partial charge in [-0.05, 0) is 44.6 Å². The summed E-state index contributed by atoms with van der Waals surface area (Å²) in [7, 11) is -3.92. The molecule has 1 aromatic carbocycles. The highest BCUT2D eigenvalue weighted by atomic mass is 35.5. The van der Waals surface area contributed by atoms with Crippen molar-refractivity contribution >= 4 is 44.7 Å². The average molecular weight is 360 g/mol. The largest absolute Gasteiger partial charge is 0.293 e. The van der Waals surface area contributed by atoms with Gasteiger partial charge in [0, 0.05) is 0 Å². The Balaban J connectivity index is 2.54. The Morgan fingerprint density at radius 2 is 1.73 bits per heavy atom. The molecule has 0 saturated heterocycles. The van der Waals surface area contributed by atoms with Crippen LogP contribution in [-0.2, 0) is 14.8 Å². The number of hydrogen-bond acceptors (Lipinski definition) is 3. The minimum absolute atomic E-state index is 0.0652.